The van der Waals surface area contributed by atoms with Crippen molar-refractivity contribution < 1.29 is 0 Å². The average molecular weight is 285 g/mol. The van der Waals surface area contributed by atoms with Gasteiger partial charge in [0.15, 0.2) is 0 Å². The molecule has 0 amide bonds. The molecule has 104 valence electrons. The normalized spacial score (nSPS) is 10.2. The van der Waals surface area contributed by atoms with Crippen LogP contribution in [0.25, 0.3) is 0 Å². The van der Waals surface area contributed by atoms with Gasteiger partial charge in [0.25, 0.3) is 0 Å². The van der Waals surface area contributed by atoms with Crippen LogP contribution in [0, 0.1) is 0 Å². The molecule has 0 bridgehead atoms. The van der Waals surface area contributed by atoms with Crippen molar-refractivity contribution in [1.82, 2.24) is 4.98 Å². The summed E-state index contributed by atoms with van der Waals surface area (Å²) in [6.45, 7) is 2.21. The summed E-state index contributed by atoms with van der Waals surface area (Å²) in [5, 5.41) is 3.31. The van der Waals surface area contributed by atoms with Crippen LogP contribution in [-0.2, 0) is 6.42 Å². The molecule has 0 saturated heterocycles. The number of hydrogen-bond donors (Lipinski definition) is 2. The minimum absolute atomic E-state index is 0.317. The molecule has 2 aromatic rings. The largest absolute Gasteiger partial charge is 0.388 e. The van der Waals surface area contributed by atoms with Crippen LogP contribution < -0.4 is 11.1 Å². The molecule has 0 unspecified atom stereocenters. The van der Waals surface area contributed by atoms with E-state index in [2.05, 4.69) is 41.5 Å². The van der Waals surface area contributed by atoms with Gasteiger partial charge in [-0.3, -0.25) is 4.98 Å². The lowest BCUT2D eigenvalue weighted by molar-refractivity contribution is 0.795. The standard InChI is InChI=1S/C16H19N3S/c1-2-3-4-12-5-7-13(8-6-12)19-14-9-10-15(16(17)20)18-11-14/h5-11,19H,2-4H2,1H3,(H2,17,20). The highest BCUT2D eigenvalue weighted by Gasteiger charge is 1.99. The third-order valence-electron chi connectivity index (χ3n) is 3.08. The fourth-order valence-electron chi connectivity index (χ4n) is 1.92. The van der Waals surface area contributed by atoms with Gasteiger partial charge in [-0.15, -0.1) is 0 Å². The highest BCUT2D eigenvalue weighted by molar-refractivity contribution is 7.80. The van der Waals surface area contributed by atoms with Gasteiger partial charge in [-0.1, -0.05) is 37.7 Å². The van der Waals surface area contributed by atoms with Crippen LogP contribution in [0.1, 0.15) is 31.0 Å². The number of anilines is 2. The van der Waals surface area contributed by atoms with Crippen LogP contribution in [0.5, 0.6) is 0 Å². The molecule has 0 spiro atoms. The Labute approximate surface area is 125 Å². The second kappa shape index (κ2) is 7.01. The summed E-state index contributed by atoms with van der Waals surface area (Å²) in [5.74, 6) is 0. The summed E-state index contributed by atoms with van der Waals surface area (Å²) in [5.41, 5.74) is 9.51. The zero-order valence-electron chi connectivity index (χ0n) is 11.6. The van der Waals surface area contributed by atoms with Crippen molar-refractivity contribution in [2.45, 2.75) is 26.2 Å². The molecular weight excluding hydrogens is 266 g/mol. The number of pyridine rings is 1. The zero-order chi connectivity index (χ0) is 14.4. The molecule has 3 N–H and O–H groups in total. The van der Waals surface area contributed by atoms with Crippen LogP contribution in [0.2, 0.25) is 0 Å². The molecule has 0 fully saturated rings. The topological polar surface area (TPSA) is 50.9 Å². The quantitative estimate of drug-likeness (QED) is 0.793. The molecule has 3 nitrogen and oxygen atoms in total. The molecule has 1 aromatic heterocycles. The Morgan fingerprint density at radius 2 is 1.85 bits per heavy atom. The Kier molecular flexibility index (Phi) is 5.07. The Bertz CT molecular complexity index is 561. The van der Waals surface area contributed by atoms with Crippen molar-refractivity contribution in [2.75, 3.05) is 5.32 Å². The molecule has 0 aliphatic heterocycles. The molecule has 0 atom stereocenters. The van der Waals surface area contributed by atoms with Crippen LogP contribution in [0.4, 0.5) is 11.4 Å². The second-order valence-corrected chi connectivity index (χ2v) is 5.16. The summed E-state index contributed by atoms with van der Waals surface area (Å²) in [4.78, 5) is 4.52. The van der Waals surface area contributed by atoms with E-state index in [0.29, 0.717) is 10.7 Å². The van der Waals surface area contributed by atoms with E-state index in [4.69, 9.17) is 18.0 Å². The number of thiocarbonyl (C=S) groups is 1. The SMILES string of the molecule is CCCCc1ccc(Nc2ccc(C(N)=S)nc2)cc1. The third kappa shape index (κ3) is 4.03. The first kappa shape index (κ1) is 14.5. The van der Waals surface area contributed by atoms with E-state index < -0.39 is 0 Å². The van der Waals surface area contributed by atoms with E-state index in [1.165, 1.54) is 18.4 Å². The molecule has 0 aliphatic rings. The van der Waals surface area contributed by atoms with E-state index in [1.54, 1.807) is 6.20 Å². The van der Waals surface area contributed by atoms with Gasteiger partial charge in [-0.25, -0.2) is 0 Å². The van der Waals surface area contributed by atoms with E-state index >= 15 is 0 Å². The monoisotopic (exact) mass is 285 g/mol. The highest BCUT2D eigenvalue weighted by Crippen LogP contribution is 2.17. The second-order valence-electron chi connectivity index (χ2n) is 4.72. The average Bonchev–Trinajstić information content (AvgIpc) is 2.47. The molecule has 1 heterocycles. The van der Waals surface area contributed by atoms with Crippen molar-refractivity contribution in [2.24, 2.45) is 5.73 Å². The molecule has 1 aromatic carbocycles. The van der Waals surface area contributed by atoms with Crippen molar-refractivity contribution in [3.05, 3.63) is 53.9 Å². The highest BCUT2D eigenvalue weighted by atomic mass is 32.1. The van der Waals surface area contributed by atoms with Crippen molar-refractivity contribution in [1.29, 1.82) is 0 Å². The number of aryl methyl sites for hydroxylation is 1. The van der Waals surface area contributed by atoms with Crippen LogP contribution >= 0.6 is 12.2 Å². The van der Waals surface area contributed by atoms with Crippen molar-refractivity contribution in [3.8, 4) is 0 Å². The predicted octanol–water partition coefficient (Wildman–Crippen LogP) is 3.80. The molecule has 0 radical (unpaired) electrons. The molecular formula is C16H19N3S. The maximum absolute atomic E-state index is 5.52. The first-order chi connectivity index (χ1) is 9.69. The number of benzene rings is 1. The van der Waals surface area contributed by atoms with Gasteiger partial charge < -0.3 is 11.1 Å². The molecule has 0 aliphatic carbocycles. The van der Waals surface area contributed by atoms with Gasteiger partial charge in [0.05, 0.1) is 17.6 Å². The van der Waals surface area contributed by atoms with Crippen molar-refractivity contribution in [3.63, 3.8) is 0 Å². The lowest BCUT2D eigenvalue weighted by Crippen LogP contribution is -2.11. The summed E-state index contributed by atoms with van der Waals surface area (Å²) < 4.78 is 0. The Morgan fingerprint density at radius 3 is 2.40 bits per heavy atom. The van der Waals surface area contributed by atoms with Gasteiger partial charge >= 0.3 is 0 Å². The smallest absolute Gasteiger partial charge is 0.122 e. The first-order valence-electron chi connectivity index (χ1n) is 6.81. The zero-order valence-corrected chi connectivity index (χ0v) is 12.4. The summed E-state index contributed by atoms with van der Waals surface area (Å²) in [6, 6.07) is 12.2. The first-order valence-corrected chi connectivity index (χ1v) is 7.21. The third-order valence-corrected chi connectivity index (χ3v) is 3.29. The maximum Gasteiger partial charge on any atom is 0.122 e. The molecule has 20 heavy (non-hydrogen) atoms. The van der Waals surface area contributed by atoms with E-state index in [9.17, 15) is 0 Å². The van der Waals surface area contributed by atoms with E-state index in [-0.39, 0.29) is 0 Å². The predicted molar refractivity (Wildman–Crippen MR) is 88.5 cm³/mol. The van der Waals surface area contributed by atoms with Gasteiger partial charge in [0.1, 0.15) is 4.99 Å². The molecule has 0 saturated carbocycles. The number of nitrogens with one attached hydrogen (secondary N) is 1. The summed E-state index contributed by atoms with van der Waals surface area (Å²) >= 11 is 4.88. The number of rotatable bonds is 6. The lowest BCUT2D eigenvalue weighted by atomic mass is 10.1. The summed E-state index contributed by atoms with van der Waals surface area (Å²) in [7, 11) is 0. The number of nitrogens with zero attached hydrogens (tertiary/aromatic N) is 1. The van der Waals surface area contributed by atoms with Gasteiger partial charge in [-0.2, -0.15) is 0 Å². The maximum atomic E-state index is 5.52. The van der Waals surface area contributed by atoms with Crippen LogP contribution in [0.3, 0.4) is 0 Å². The minimum Gasteiger partial charge on any atom is -0.388 e. The number of nitrogens with two attached hydrogens (primary N) is 1. The van der Waals surface area contributed by atoms with Gasteiger partial charge in [0, 0.05) is 5.69 Å². The Balaban J connectivity index is 2.00. The van der Waals surface area contributed by atoms with Crippen LogP contribution in [0.15, 0.2) is 42.6 Å². The number of hydrogen-bond acceptors (Lipinski definition) is 3. The Hall–Kier alpha value is -1.94. The summed E-state index contributed by atoms with van der Waals surface area (Å²) in [6.07, 6.45) is 5.33. The fourth-order valence-corrected chi connectivity index (χ4v) is 2.04. The molecule has 4 heteroatoms. The minimum atomic E-state index is 0.317. The van der Waals surface area contributed by atoms with Crippen molar-refractivity contribution >= 4 is 28.6 Å². The van der Waals surface area contributed by atoms with Crippen LogP contribution in [-0.4, -0.2) is 9.97 Å². The van der Waals surface area contributed by atoms with E-state index in [0.717, 1.165) is 17.8 Å². The number of aromatic nitrogens is 1. The fraction of sp³-hybridized carbons (Fsp3) is 0.250. The Morgan fingerprint density at radius 1 is 1.15 bits per heavy atom. The molecule has 2 rings (SSSR count). The van der Waals surface area contributed by atoms with Gasteiger partial charge in [-0.05, 0) is 42.7 Å². The lowest BCUT2D eigenvalue weighted by Gasteiger charge is -2.08. The number of unbranched alkanes of at least 4 members (excludes halogenated alkanes) is 1. The van der Waals surface area contributed by atoms with Gasteiger partial charge in [0.2, 0.25) is 0 Å². The van der Waals surface area contributed by atoms with E-state index in [1.807, 2.05) is 12.1 Å².